The van der Waals surface area contributed by atoms with Crippen LogP contribution >= 0.6 is 0 Å². The van der Waals surface area contributed by atoms with Crippen LogP contribution in [0.2, 0.25) is 0 Å². The summed E-state index contributed by atoms with van der Waals surface area (Å²) in [5.41, 5.74) is 0.142. The van der Waals surface area contributed by atoms with Gasteiger partial charge in [-0.1, -0.05) is 19.4 Å². The molecule has 0 fully saturated rings. The van der Waals surface area contributed by atoms with E-state index < -0.39 is 0 Å². The van der Waals surface area contributed by atoms with Gasteiger partial charge in [0.15, 0.2) is 0 Å². The minimum atomic E-state index is 0.142. The second kappa shape index (κ2) is 4.26. The van der Waals surface area contributed by atoms with Crippen LogP contribution in [0.5, 0.6) is 0 Å². The van der Waals surface area contributed by atoms with Crippen molar-refractivity contribution in [2.75, 3.05) is 5.32 Å². The van der Waals surface area contributed by atoms with Gasteiger partial charge in [0.2, 0.25) is 0 Å². The molecule has 1 heterocycles. The van der Waals surface area contributed by atoms with Crippen LogP contribution in [0.1, 0.15) is 33.6 Å². The second-order valence-corrected chi connectivity index (χ2v) is 3.97. The lowest BCUT2D eigenvalue weighted by molar-refractivity contribution is 0.509. The second-order valence-electron chi connectivity index (χ2n) is 3.97. The smallest absolute Gasteiger partial charge is 0.126 e. The number of nitrogens with zero attached hydrogens (tertiary/aromatic N) is 1. The normalized spacial score (nSPS) is 11.3. The first-order chi connectivity index (χ1) is 6.14. The molecule has 1 aromatic rings. The van der Waals surface area contributed by atoms with Crippen molar-refractivity contribution in [3.05, 3.63) is 24.4 Å². The Bertz CT molecular complexity index is 242. The fourth-order valence-electron chi connectivity index (χ4n) is 1.47. The average Bonchev–Trinajstić information content (AvgIpc) is 2.04. The molecule has 0 unspecified atom stereocenters. The number of hydrogen-bond donors (Lipinski definition) is 1. The van der Waals surface area contributed by atoms with E-state index >= 15 is 0 Å². The van der Waals surface area contributed by atoms with E-state index in [0.717, 1.165) is 12.2 Å². The van der Waals surface area contributed by atoms with Crippen molar-refractivity contribution in [3.8, 4) is 0 Å². The summed E-state index contributed by atoms with van der Waals surface area (Å²) >= 11 is 0. The minimum Gasteiger partial charge on any atom is -0.365 e. The molecule has 0 saturated carbocycles. The van der Waals surface area contributed by atoms with Crippen LogP contribution in [-0.2, 0) is 0 Å². The predicted octanol–water partition coefficient (Wildman–Crippen LogP) is 3.07. The SMILES string of the molecule is CCCC(C)(C)Nc1ccccn1. The lowest BCUT2D eigenvalue weighted by Gasteiger charge is -2.26. The van der Waals surface area contributed by atoms with Crippen LogP contribution in [0.4, 0.5) is 5.82 Å². The van der Waals surface area contributed by atoms with Crippen LogP contribution in [0.25, 0.3) is 0 Å². The number of anilines is 1. The molecule has 0 spiro atoms. The summed E-state index contributed by atoms with van der Waals surface area (Å²) in [6.45, 7) is 6.60. The van der Waals surface area contributed by atoms with Gasteiger partial charge < -0.3 is 5.32 Å². The van der Waals surface area contributed by atoms with Crippen molar-refractivity contribution in [2.45, 2.75) is 39.2 Å². The highest BCUT2D eigenvalue weighted by Crippen LogP contribution is 2.16. The zero-order valence-electron chi connectivity index (χ0n) is 8.67. The van der Waals surface area contributed by atoms with Crippen LogP contribution < -0.4 is 5.32 Å². The van der Waals surface area contributed by atoms with Crippen molar-refractivity contribution in [1.29, 1.82) is 0 Å². The van der Waals surface area contributed by atoms with Crippen molar-refractivity contribution < 1.29 is 0 Å². The van der Waals surface area contributed by atoms with Gasteiger partial charge in [-0.2, -0.15) is 0 Å². The van der Waals surface area contributed by atoms with E-state index in [1.807, 2.05) is 24.4 Å². The van der Waals surface area contributed by atoms with Crippen LogP contribution in [-0.4, -0.2) is 10.5 Å². The summed E-state index contributed by atoms with van der Waals surface area (Å²) in [6, 6.07) is 5.92. The monoisotopic (exact) mass is 178 g/mol. The number of hydrogen-bond acceptors (Lipinski definition) is 2. The first-order valence-corrected chi connectivity index (χ1v) is 4.83. The molecule has 0 radical (unpaired) electrons. The number of nitrogens with one attached hydrogen (secondary N) is 1. The topological polar surface area (TPSA) is 24.9 Å². The lowest BCUT2D eigenvalue weighted by atomic mass is 9.99. The van der Waals surface area contributed by atoms with Gasteiger partial charge in [0.05, 0.1) is 0 Å². The molecular weight excluding hydrogens is 160 g/mol. The fourth-order valence-corrected chi connectivity index (χ4v) is 1.47. The molecule has 72 valence electrons. The number of aromatic nitrogens is 1. The maximum absolute atomic E-state index is 4.24. The Hall–Kier alpha value is -1.05. The van der Waals surface area contributed by atoms with Gasteiger partial charge in [0.25, 0.3) is 0 Å². The van der Waals surface area contributed by atoms with E-state index in [2.05, 4.69) is 31.1 Å². The molecule has 0 atom stereocenters. The maximum Gasteiger partial charge on any atom is 0.126 e. The van der Waals surface area contributed by atoms with E-state index in [0.29, 0.717) is 0 Å². The molecule has 13 heavy (non-hydrogen) atoms. The van der Waals surface area contributed by atoms with Gasteiger partial charge >= 0.3 is 0 Å². The summed E-state index contributed by atoms with van der Waals surface area (Å²) < 4.78 is 0. The molecule has 1 aromatic heterocycles. The molecule has 0 amide bonds. The molecule has 0 aliphatic carbocycles. The molecule has 2 heteroatoms. The molecule has 1 N–H and O–H groups in total. The van der Waals surface area contributed by atoms with Crippen LogP contribution in [0.3, 0.4) is 0 Å². The summed E-state index contributed by atoms with van der Waals surface area (Å²) in [5, 5.41) is 3.41. The molecule has 0 saturated heterocycles. The van der Waals surface area contributed by atoms with Crippen LogP contribution in [0, 0.1) is 0 Å². The molecule has 2 nitrogen and oxygen atoms in total. The van der Waals surface area contributed by atoms with Crippen molar-refractivity contribution in [2.24, 2.45) is 0 Å². The Morgan fingerprint density at radius 3 is 2.69 bits per heavy atom. The third-order valence-electron chi connectivity index (χ3n) is 2.01. The van der Waals surface area contributed by atoms with Gasteiger partial charge in [-0.3, -0.25) is 0 Å². The first-order valence-electron chi connectivity index (χ1n) is 4.83. The number of pyridine rings is 1. The largest absolute Gasteiger partial charge is 0.365 e. The Balaban J connectivity index is 2.58. The van der Waals surface area contributed by atoms with Gasteiger partial charge in [-0.25, -0.2) is 4.98 Å². The zero-order chi connectivity index (χ0) is 9.73. The average molecular weight is 178 g/mol. The van der Waals surface area contributed by atoms with E-state index in [-0.39, 0.29) is 5.54 Å². The Morgan fingerprint density at radius 2 is 2.15 bits per heavy atom. The Morgan fingerprint density at radius 1 is 1.38 bits per heavy atom. The van der Waals surface area contributed by atoms with Crippen molar-refractivity contribution in [3.63, 3.8) is 0 Å². The standard InChI is InChI=1S/C11H18N2/c1-4-8-11(2,3)13-10-7-5-6-9-12-10/h5-7,9H,4,8H2,1-3H3,(H,12,13). The van der Waals surface area contributed by atoms with E-state index in [1.54, 1.807) is 0 Å². The number of rotatable bonds is 4. The van der Waals surface area contributed by atoms with Gasteiger partial charge in [-0.15, -0.1) is 0 Å². The summed E-state index contributed by atoms with van der Waals surface area (Å²) in [7, 11) is 0. The summed E-state index contributed by atoms with van der Waals surface area (Å²) in [5.74, 6) is 0.959. The highest BCUT2D eigenvalue weighted by atomic mass is 15.0. The van der Waals surface area contributed by atoms with Gasteiger partial charge in [0.1, 0.15) is 5.82 Å². The highest BCUT2D eigenvalue weighted by molar-refractivity contribution is 5.36. The summed E-state index contributed by atoms with van der Waals surface area (Å²) in [6.07, 6.45) is 4.15. The maximum atomic E-state index is 4.24. The van der Waals surface area contributed by atoms with E-state index in [4.69, 9.17) is 0 Å². The molecule has 0 aromatic carbocycles. The molecular formula is C11H18N2. The van der Waals surface area contributed by atoms with E-state index in [1.165, 1.54) is 6.42 Å². The third-order valence-corrected chi connectivity index (χ3v) is 2.01. The van der Waals surface area contributed by atoms with Crippen LogP contribution in [0.15, 0.2) is 24.4 Å². The zero-order valence-corrected chi connectivity index (χ0v) is 8.67. The third kappa shape index (κ3) is 3.45. The molecule has 0 bridgehead atoms. The van der Waals surface area contributed by atoms with E-state index in [9.17, 15) is 0 Å². The van der Waals surface area contributed by atoms with Gasteiger partial charge in [0, 0.05) is 11.7 Å². The van der Waals surface area contributed by atoms with Crippen molar-refractivity contribution in [1.82, 2.24) is 4.98 Å². The summed E-state index contributed by atoms with van der Waals surface area (Å²) in [4.78, 5) is 4.24. The minimum absolute atomic E-state index is 0.142. The quantitative estimate of drug-likeness (QED) is 0.766. The Labute approximate surface area is 80.4 Å². The highest BCUT2D eigenvalue weighted by Gasteiger charge is 2.15. The first kappa shape index (κ1) is 10.0. The Kier molecular flexibility index (Phi) is 3.29. The fraction of sp³-hybridized carbons (Fsp3) is 0.545. The van der Waals surface area contributed by atoms with Crippen molar-refractivity contribution >= 4 is 5.82 Å². The van der Waals surface area contributed by atoms with Gasteiger partial charge in [-0.05, 0) is 32.4 Å². The molecule has 0 aliphatic heterocycles. The molecule has 1 rings (SSSR count). The predicted molar refractivity (Wildman–Crippen MR) is 56.8 cm³/mol. The molecule has 0 aliphatic rings. The lowest BCUT2D eigenvalue weighted by Crippen LogP contribution is -2.30.